The summed E-state index contributed by atoms with van der Waals surface area (Å²) in [5, 5.41) is 13.5. The molecule has 8 heteroatoms. The molecule has 0 aromatic heterocycles. The van der Waals surface area contributed by atoms with Gasteiger partial charge in [-0.1, -0.05) is 23.7 Å². The van der Waals surface area contributed by atoms with Crippen LogP contribution in [0.2, 0.25) is 5.02 Å². The Balaban J connectivity index is 2.14. The molecular formula is C17H15ClN2O5. The molecule has 0 saturated carbocycles. The maximum absolute atomic E-state index is 12.3. The van der Waals surface area contributed by atoms with Gasteiger partial charge in [-0.15, -0.1) is 0 Å². The smallest absolute Gasteiger partial charge is 0.322 e. The van der Waals surface area contributed by atoms with Gasteiger partial charge in [-0.3, -0.25) is 14.4 Å². The lowest BCUT2D eigenvalue weighted by Gasteiger charge is -2.11. The number of methoxy groups -OCH3 is 1. The third-order valence-electron chi connectivity index (χ3n) is 3.22. The average Bonchev–Trinajstić information content (AvgIpc) is 2.59. The second-order valence-electron chi connectivity index (χ2n) is 4.93. The topological polar surface area (TPSA) is 105 Å². The van der Waals surface area contributed by atoms with Gasteiger partial charge in [0.25, 0.3) is 11.8 Å². The number of hydrogen-bond acceptors (Lipinski definition) is 4. The van der Waals surface area contributed by atoms with E-state index in [0.29, 0.717) is 17.0 Å². The van der Waals surface area contributed by atoms with Crippen LogP contribution in [0.5, 0.6) is 5.75 Å². The van der Waals surface area contributed by atoms with Crippen LogP contribution in [-0.2, 0) is 4.79 Å². The van der Waals surface area contributed by atoms with Gasteiger partial charge >= 0.3 is 5.97 Å². The summed E-state index contributed by atoms with van der Waals surface area (Å²) in [6.45, 7) is -0.512. The zero-order chi connectivity index (χ0) is 18.4. The summed E-state index contributed by atoms with van der Waals surface area (Å²) in [6, 6.07) is 11.0. The first-order valence-corrected chi connectivity index (χ1v) is 7.54. The minimum absolute atomic E-state index is 0.0840. The van der Waals surface area contributed by atoms with E-state index < -0.39 is 24.3 Å². The van der Waals surface area contributed by atoms with E-state index in [1.165, 1.54) is 25.3 Å². The van der Waals surface area contributed by atoms with Crippen molar-refractivity contribution in [3.63, 3.8) is 0 Å². The van der Waals surface area contributed by atoms with Gasteiger partial charge in [0.2, 0.25) is 0 Å². The lowest BCUT2D eigenvalue weighted by Crippen LogP contribution is -2.29. The highest BCUT2D eigenvalue weighted by molar-refractivity contribution is 6.34. The predicted molar refractivity (Wildman–Crippen MR) is 92.4 cm³/mol. The number of benzene rings is 2. The molecule has 2 rings (SSSR count). The number of carbonyl (C=O) groups excluding carboxylic acids is 2. The molecule has 0 fully saturated rings. The van der Waals surface area contributed by atoms with Gasteiger partial charge in [0.15, 0.2) is 0 Å². The Kier molecular flexibility index (Phi) is 5.97. The molecule has 0 unspecified atom stereocenters. The van der Waals surface area contributed by atoms with Gasteiger partial charge in [0.1, 0.15) is 12.3 Å². The fourth-order valence-electron chi connectivity index (χ4n) is 2.06. The molecule has 2 aromatic rings. The molecular weight excluding hydrogens is 348 g/mol. The molecule has 0 aliphatic rings. The Morgan fingerprint density at radius 1 is 1.08 bits per heavy atom. The van der Waals surface area contributed by atoms with Crippen molar-refractivity contribution in [3.8, 4) is 5.75 Å². The molecule has 0 bridgehead atoms. The molecule has 0 aliphatic carbocycles. The maximum Gasteiger partial charge on any atom is 0.322 e. The Bertz CT molecular complexity index is 822. The normalized spacial score (nSPS) is 10.0. The number of carbonyl (C=O) groups is 3. The number of carboxylic acids is 1. The summed E-state index contributed by atoms with van der Waals surface area (Å²) in [4.78, 5) is 34.6. The standard InChI is InChI=1S/C17H15ClN2O5/c1-25-14-5-3-2-4-12(14)17(24)20-10-6-7-11(13(18)8-10)16(23)19-9-15(21)22/h2-8H,9H2,1H3,(H,19,23)(H,20,24)(H,21,22). The molecule has 2 aromatic carbocycles. The minimum atomic E-state index is -1.16. The summed E-state index contributed by atoms with van der Waals surface area (Å²) in [6.07, 6.45) is 0. The van der Waals surface area contributed by atoms with Crippen LogP contribution in [-0.4, -0.2) is 36.5 Å². The third-order valence-corrected chi connectivity index (χ3v) is 3.54. The van der Waals surface area contributed by atoms with Crippen molar-refractivity contribution in [2.45, 2.75) is 0 Å². The highest BCUT2D eigenvalue weighted by Crippen LogP contribution is 2.23. The molecule has 0 aliphatic heterocycles. The SMILES string of the molecule is COc1ccccc1C(=O)Nc1ccc(C(=O)NCC(=O)O)c(Cl)c1. The molecule has 0 radical (unpaired) electrons. The molecule has 0 atom stereocenters. The van der Waals surface area contributed by atoms with Crippen molar-refractivity contribution >= 4 is 35.1 Å². The summed E-state index contributed by atoms with van der Waals surface area (Å²) in [7, 11) is 1.47. The van der Waals surface area contributed by atoms with E-state index in [4.69, 9.17) is 21.4 Å². The van der Waals surface area contributed by atoms with Crippen molar-refractivity contribution in [1.29, 1.82) is 0 Å². The van der Waals surface area contributed by atoms with E-state index in [9.17, 15) is 14.4 Å². The lowest BCUT2D eigenvalue weighted by molar-refractivity contribution is -0.135. The number of para-hydroxylation sites is 1. The molecule has 2 amide bonds. The number of anilines is 1. The monoisotopic (exact) mass is 362 g/mol. The van der Waals surface area contributed by atoms with Crippen LogP contribution in [0.1, 0.15) is 20.7 Å². The molecule has 25 heavy (non-hydrogen) atoms. The summed E-state index contributed by atoms with van der Waals surface area (Å²) in [5.41, 5.74) is 0.846. The number of halogens is 1. The van der Waals surface area contributed by atoms with E-state index in [0.717, 1.165) is 0 Å². The fourth-order valence-corrected chi connectivity index (χ4v) is 2.33. The first-order chi connectivity index (χ1) is 11.9. The Labute approximate surface area is 148 Å². The Morgan fingerprint density at radius 2 is 1.80 bits per heavy atom. The Morgan fingerprint density at radius 3 is 2.44 bits per heavy atom. The van der Waals surface area contributed by atoms with Crippen LogP contribution >= 0.6 is 11.6 Å². The maximum atomic E-state index is 12.3. The minimum Gasteiger partial charge on any atom is -0.496 e. The van der Waals surface area contributed by atoms with E-state index in [2.05, 4.69) is 10.6 Å². The second-order valence-corrected chi connectivity index (χ2v) is 5.33. The van der Waals surface area contributed by atoms with Gasteiger partial charge in [0.05, 0.1) is 23.3 Å². The molecule has 0 heterocycles. The van der Waals surface area contributed by atoms with Crippen molar-refractivity contribution in [3.05, 3.63) is 58.6 Å². The summed E-state index contributed by atoms with van der Waals surface area (Å²) >= 11 is 6.04. The zero-order valence-corrected chi connectivity index (χ0v) is 14.0. The van der Waals surface area contributed by atoms with Crippen molar-refractivity contribution in [1.82, 2.24) is 5.32 Å². The molecule has 0 spiro atoms. The van der Waals surface area contributed by atoms with Gasteiger partial charge in [-0.25, -0.2) is 0 Å². The second kappa shape index (κ2) is 8.16. The number of nitrogens with one attached hydrogen (secondary N) is 2. The van der Waals surface area contributed by atoms with Crippen LogP contribution in [0.25, 0.3) is 0 Å². The molecule has 7 nitrogen and oxygen atoms in total. The van der Waals surface area contributed by atoms with E-state index in [1.54, 1.807) is 24.3 Å². The van der Waals surface area contributed by atoms with Crippen molar-refractivity contribution < 1.29 is 24.2 Å². The number of ether oxygens (including phenoxy) is 1. The summed E-state index contributed by atoms with van der Waals surface area (Å²) < 4.78 is 5.14. The first-order valence-electron chi connectivity index (χ1n) is 7.16. The number of amides is 2. The highest BCUT2D eigenvalue weighted by Gasteiger charge is 2.15. The largest absolute Gasteiger partial charge is 0.496 e. The fraction of sp³-hybridized carbons (Fsp3) is 0.118. The number of hydrogen-bond donors (Lipinski definition) is 3. The van der Waals surface area contributed by atoms with Crippen LogP contribution in [0.15, 0.2) is 42.5 Å². The van der Waals surface area contributed by atoms with Crippen LogP contribution in [0, 0.1) is 0 Å². The predicted octanol–water partition coefficient (Wildman–Crippen LogP) is 2.42. The van der Waals surface area contributed by atoms with Gasteiger partial charge in [-0.2, -0.15) is 0 Å². The molecule has 0 saturated heterocycles. The average molecular weight is 363 g/mol. The van der Waals surface area contributed by atoms with Crippen LogP contribution in [0.3, 0.4) is 0 Å². The quantitative estimate of drug-likeness (QED) is 0.732. The highest BCUT2D eigenvalue weighted by atomic mass is 35.5. The van der Waals surface area contributed by atoms with E-state index >= 15 is 0 Å². The van der Waals surface area contributed by atoms with Crippen LogP contribution < -0.4 is 15.4 Å². The zero-order valence-electron chi connectivity index (χ0n) is 13.2. The van der Waals surface area contributed by atoms with Crippen molar-refractivity contribution in [2.75, 3.05) is 19.0 Å². The van der Waals surface area contributed by atoms with Gasteiger partial charge < -0.3 is 20.5 Å². The lowest BCUT2D eigenvalue weighted by atomic mass is 10.1. The molecule has 3 N–H and O–H groups in total. The Hall–Kier alpha value is -3.06. The van der Waals surface area contributed by atoms with Gasteiger partial charge in [-0.05, 0) is 30.3 Å². The van der Waals surface area contributed by atoms with E-state index in [1.807, 2.05) is 0 Å². The van der Waals surface area contributed by atoms with Crippen molar-refractivity contribution in [2.24, 2.45) is 0 Å². The molecule has 130 valence electrons. The number of carboxylic acid groups (broad SMARTS) is 1. The third kappa shape index (κ3) is 4.71. The van der Waals surface area contributed by atoms with E-state index in [-0.39, 0.29) is 10.6 Å². The number of rotatable bonds is 6. The van der Waals surface area contributed by atoms with Gasteiger partial charge in [0, 0.05) is 5.69 Å². The first kappa shape index (κ1) is 18.3. The number of aliphatic carboxylic acids is 1. The van der Waals surface area contributed by atoms with Crippen LogP contribution in [0.4, 0.5) is 5.69 Å². The summed E-state index contributed by atoms with van der Waals surface area (Å²) in [5.74, 6) is -1.74.